The molecule has 0 aliphatic heterocycles. The van der Waals surface area contributed by atoms with Gasteiger partial charge in [-0.2, -0.15) is 5.26 Å². The van der Waals surface area contributed by atoms with E-state index in [0.29, 0.717) is 5.56 Å². The van der Waals surface area contributed by atoms with Crippen molar-refractivity contribution in [3.8, 4) is 6.07 Å². The molecule has 1 amide bonds. The quantitative estimate of drug-likeness (QED) is 0.818. The summed E-state index contributed by atoms with van der Waals surface area (Å²) in [5.74, 6) is 0.0304. The highest BCUT2D eigenvalue weighted by Crippen LogP contribution is 2.11. The van der Waals surface area contributed by atoms with Gasteiger partial charge in [-0.15, -0.1) is 0 Å². The second-order valence-corrected chi connectivity index (χ2v) is 3.49. The fraction of sp³-hybridized carbons (Fsp3) is 0.333. The molecule has 0 fully saturated rings. The van der Waals surface area contributed by atoms with Crippen LogP contribution in [0, 0.1) is 17.2 Å². The van der Waals surface area contributed by atoms with Gasteiger partial charge in [0.2, 0.25) is 5.91 Å². The lowest BCUT2D eigenvalue weighted by molar-refractivity contribution is -0.119. The van der Waals surface area contributed by atoms with Crippen molar-refractivity contribution < 1.29 is 4.79 Å². The minimum Gasteiger partial charge on any atom is -0.326 e. The first-order valence-corrected chi connectivity index (χ1v) is 4.98. The Bertz CT molecular complexity index is 376. The van der Waals surface area contributed by atoms with Gasteiger partial charge < -0.3 is 5.32 Å². The molecule has 1 aromatic rings. The fourth-order valence-corrected chi connectivity index (χ4v) is 1.08. The summed E-state index contributed by atoms with van der Waals surface area (Å²) in [5, 5.41) is 11.4. The van der Waals surface area contributed by atoms with E-state index in [4.69, 9.17) is 5.26 Å². The highest BCUT2D eigenvalue weighted by Gasteiger charge is 2.09. The van der Waals surface area contributed by atoms with Crippen LogP contribution in [0.3, 0.4) is 0 Å². The summed E-state index contributed by atoms with van der Waals surface area (Å²) in [6, 6.07) is 8.87. The summed E-state index contributed by atoms with van der Waals surface area (Å²) < 4.78 is 0. The molecule has 0 aliphatic rings. The zero-order valence-electron chi connectivity index (χ0n) is 8.95. The van der Waals surface area contributed by atoms with Gasteiger partial charge in [-0.05, 0) is 30.7 Å². The van der Waals surface area contributed by atoms with E-state index in [1.165, 1.54) is 0 Å². The van der Waals surface area contributed by atoms with Gasteiger partial charge in [0.15, 0.2) is 0 Å². The van der Waals surface area contributed by atoms with E-state index in [0.717, 1.165) is 12.1 Å². The summed E-state index contributed by atoms with van der Waals surface area (Å²) in [6.45, 7) is 3.86. The van der Waals surface area contributed by atoms with Crippen molar-refractivity contribution in [2.24, 2.45) is 5.92 Å². The molecule has 1 N–H and O–H groups in total. The summed E-state index contributed by atoms with van der Waals surface area (Å²) in [7, 11) is 0. The first-order chi connectivity index (χ1) is 7.17. The summed E-state index contributed by atoms with van der Waals surface area (Å²) >= 11 is 0. The van der Waals surface area contributed by atoms with Gasteiger partial charge >= 0.3 is 0 Å². The van der Waals surface area contributed by atoms with Crippen LogP contribution >= 0.6 is 0 Å². The molecule has 0 radical (unpaired) electrons. The predicted octanol–water partition coefficient (Wildman–Crippen LogP) is 2.54. The molecule has 1 unspecified atom stereocenters. The molecule has 0 aliphatic carbocycles. The summed E-state index contributed by atoms with van der Waals surface area (Å²) in [5.41, 5.74) is 1.33. The number of nitrogens with one attached hydrogen (secondary N) is 1. The van der Waals surface area contributed by atoms with Crippen molar-refractivity contribution in [1.82, 2.24) is 0 Å². The average molecular weight is 202 g/mol. The van der Waals surface area contributed by atoms with Gasteiger partial charge in [-0.25, -0.2) is 0 Å². The Balaban J connectivity index is 2.66. The maximum Gasteiger partial charge on any atom is 0.227 e. The Labute approximate surface area is 89.7 Å². The van der Waals surface area contributed by atoms with Gasteiger partial charge in [0.05, 0.1) is 11.6 Å². The van der Waals surface area contributed by atoms with Crippen molar-refractivity contribution in [2.45, 2.75) is 20.3 Å². The second-order valence-electron chi connectivity index (χ2n) is 3.49. The number of benzene rings is 1. The molecule has 0 saturated heterocycles. The van der Waals surface area contributed by atoms with Gasteiger partial charge in [0, 0.05) is 11.6 Å². The highest BCUT2D eigenvalue weighted by molar-refractivity contribution is 5.92. The van der Waals surface area contributed by atoms with Crippen LogP contribution in [0.25, 0.3) is 0 Å². The third-order valence-corrected chi connectivity index (χ3v) is 2.34. The van der Waals surface area contributed by atoms with Crippen molar-refractivity contribution in [2.75, 3.05) is 5.32 Å². The molecular formula is C12H14N2O. The zero-order chi connectivity index (χ0) is 11.3. The molecule has 3 heteroatoms. The molecule has 0 aromatic heterocycles. The van der Waals surface area contributed by atoms with Gasteiger partial charge in [0.25, 0.3) is 0 Å². The van der Waals surface area contributed by atoms with Crippen LogP contribution in [-0.4, -0.2) is 5.91 Å². The maximum absolute atomic E-state index is 11.5. The van der Waals surface area contributed by atoms with E-state index >= 15 is 0 Å². The van der Waals surface area contributed by atoms with Crippen LogP contribution in [-0.2, 0) is 4.79 Å². The topological polar surface area (TPSA) is 52.9 Å². The van der Waals surface area contributed by atoms with Crippen LogP contribution in [0.1, 0.15) is 25.8 Å². The van der Waals surface area contributed by atoms with Gasteiger partial charge in [-0.1, -0.05) is 13.8 Å². The third kappa shape index (κ3) is 3.10. The molecular weight excluding hydrogens is 188 g/mol. The van der Waals surface area contributed by atoms with Crippen molar-refractivity contribution in [1.29, 1.82) is 5.26 Å². The predicted molar refractivity (Wildman–Crippen MR) is 59.2 cm³/mol. The normalized spacial score (nSPS) is 11.5. The maximum atomic E-state index is 11.5. The second kappa shape index (κ2) is 5.16. The van der Waals surface area contributed by atoms with E-state index in [9.17, 15) is 4.79 Å². The Morgan fingerprint density at radius 1 is 1.47 bits per heavy atom. The van der Waals surface area contributed by atoms with Crippen LogP contribution in [0.15, 0.2) is 24.3 Å². The Kier molecular flexibility index (Phi) is 3.87. The lowest BCUT2D eigenvalue weighted by Gasteiger charge is -2.09. The molecule has 3 nitrogen and oxygen atoms in total. The molecule has 0 spiro atoms. The van der Waals surface area contributed by atoms with Crippen molar-refractivity contribution in [3.05, 3.63) is 29.8 Å². The molecule has 78 valence electrons. The first kappa shape index (κ1) is 11.3. The van der Waals surface area contributed by atoms with E-state index < -0.39 is 0 Å². The molecule has 0 bridgehead atoms. The van der Waals surface area contributed by atoms with Crippen molar-refractivity contribution >= 4 is 11.6 Å². The van der Waals surface area contributed by atoms with E-state index in [2.05, 4.69) is 5.32 Å². The standard InChI is InChI=1S/C12H14N2O/c1-3-9(2)12(15)14-11-6-4-10(8-13)5-7-11/h4-7,9H,3H2,1-2H3,(H,14,15). The number of amides is 1. The molecule has 0 saturated carbocycles. The number of rotatable bonds is 3. The molecule has 1 rings (SSSR count). The Morgan fingerprint density at radius 2 is 2.07 bits per heavy atom. The van der Waals surface area contributed by atoms with E-state index in [1.807, 2.05) is 19.9 Å². The zero-order valence-corrected chi connectivity index (χ0v) is 8.95. The smallest absolute Gasteiger partial charge is 0.227 e. The number of anilines is 1. The average Bonchev–Trinajstić information content (AvgIpc) is 2.29. The lowest BCUT2D eigenvalue weighted by Crippen LogP contribution is -2.19. The Morgan fingerprint density at radius 3 is 2.53 bits per heavy atom. The first-order valence-electron chi connectivity index (χ1n) is 4.98. The third-order valence-electron chi connectivity index (χ3n) is 2.34. The minimum absolute atomic E-state index is 0.0145. The number of hydrogen-bond acceptors (Lipinski definition) is 2. The number of hydrogen-bond donors (Lipinski definition) is 1. The Hall–Kier alpha value is -1.82. The molecule has 0 heterocycles. The van der Waals surface area contributed by atoms with Crippen LogP contribution < -0.4 is 5.32 Å². The van der Waals surface area contributed by atoms with Crippen LogP contribution in [0.4, 0.5) is 5.69 Å². The number of nitrogens with zero attached hydrogens (tertiary/aromatic N) is 1. The van der Waals surface area contributed by atoms with Crippen molar-refractivity contribution in [3.63, 3.8) is 0 Å². The van der Waals surface area contributed by atoms with Crippen LogP contribution in [0.2, 0.25) is 0 Å². The number of nitriles is 1. The van der Waals surface area contributed by atoms with E-state index in [1.54, 1.807) is 24.3 Å². The van der Waals surface area contributed by atoms with Gasteiger partial charge in [0.1, 0.15) is 0 Å². The lowest BCUT2D eigenvalue weighted by atomic mass is 10.1. The van der Waals surface area contributed by atoms with E-state index in [-0.39, 0.29) is 11.8 Å². The largest absolute Gasteiger partial charge is 0.326 e. The van der Waals surface area contributed by atoms with Crippen LogP contribution in [0.5, 0.6) is 0 Å². The van der Waals surface area contributed by atoms with Gasteiger partial charge in [-0.3, -0.25) is 4.79 Å². The summed E-state index contributed by atoms with van der Waals surface area (Å²) in [4.78, 5) is 11.5. The fourth-order valence-electron chi connectivity index (χ4n) is 1.08. The molecule has 1 atom stereocenters. The summed E-state index contributed by atoms with van der Waals surface area (Å²) in [6.07, 6.45) is 0.822. The highest BCUT2D eigenvalue weighted by atomic mass is 16.1. The monoisotopic (exact) mass is 202 g/mol. The number of carbonyl (C=O) groups is 1. The molecule has 15 heavy (non-hydrogen) atoms. The number of carbonyl (C=O) groups excluding carboxylic acids is 1. The SMILES string of the molecule is CCC(C)C(=O)Nc1ccc(C#N)cc1. The minimum atomic E-state index is 0.0145. The molecule has 1 aromatic carbocycles.